The van der Waals surface area contributed by atoms with E-state index in [1.807, 2.05) is 6.92 Å². The molecular weight excluding hydrogens is 403 g/mol. The van der Waals surface area contributed by atoms with Gasteiger partial charge in [0.05, 0.1) is 16.3 Å². The molecular formula is C23H23FN2O3S. The summed E-state index contributed by atoms with van der Waals surface area (Å²) in [7, 11) is -3.88. The zero-order valence-corrected chi connectivity index (χ0v) is 17.6. The SMILES string of the molecule is Cc1ccc(S(=O)(=O)N(CCC(=O)Nc2cc(C)ccc2F)c2ccccc2)cc1. The standard InChI is InChI=1S/C23H23FN2O3S/c1-17-8-11-20(12-9-17)30(28,29)26(19-6-4-3-5-7-19)15-14-23(27)25-22-16-18(2)10-13-21(22)24/h3-13,16H,14-15H2,1-2H3,(H,25,27). The van der Waals surface area contributed by atoms with Gasteiger partial charge < -0.3 is 5.32 Å². The Bertz CT molecular complexity index is 1130. The topological polar surface area (TPSA) is 66.5 Å². The highest BCUT2D eigenvalue weighted by molar-refractivity contribution is 7.92. The predicted octanol–water partition coefficient (Wildman–Crippen LogP) is 4.67. The van der Waals surface area contributed by atoms with Crippen LogP contribution in [0.1, 0.15) is 17.5 Å². The van der Waals surface area contributed by atoms with Gasteiger partial charge in [-0.05, 0) is 55.8 Å². The summed E-state index contributed by atoms with van der Waals surface area (Å²) in [6.45, 7) is 3.58. The van der Waals surface area contributed by atoms with Crippen LogP contribution in [0.15, 0.2) is 77.7 Å². The molecule has 0 bridgehead atoms. The van der Waals surface area contributed by atoms with Crippen molar-refractivity contribution in [3.63, 3.8) is 0 Å². The first-order valence-electron chi connectivity index (χ1n) is 9.48. The Morgan fingerprint density at radius 3 is 2.23 bits per heavy atom. The molecule has 3 aromatic carbocycles. The van der Waals surface area contributed by atoms with Crippen LogP contribution in [0.3, 0.4) is 0 Å². The lowest BCUT2D eigenvalue weighted by Gasteiger charge is -2.24. The van der Waals surface area contributed by atoms with Crippen LogP contribution in [0.5, 0.6) is 0 Å². The summed E-state index contributed by atoms with van der Waals surface area (Å²) in [4.78, 5) is 12.6. The smallest absolute Gasteiger partial charge is 0.264 e. The third-order valence-corrected chi connectivity index (χ3v) is 6.43. The average Bonchev–Trinajstić information content (AvgIpc) is 2.72. The van der Waals surface area contributed by atoms with Gasteiger partial charge in [-0.15, -0.1) is 0 Å². The molecule has 3 aromatic rings. The summed E-state index contributed by atoms with van der Waals surface area (Å²) in [6.07, 6.45) is -0.132. The molecule has 0 unspecified atom stereocenters. The van der Waals surface area contributed by atoms with E-state index in [9.17, 15) is 17.6 Å². The molecule has 0 spiro atoms. The maximum absolute atomic E-state index is 13.9. The normalized spacial score (nSPS) is 11.2. The van der Waals surface area contributed by atoms with Crippen molar-refractivity contribution in [1.29, 1.82) is 0 Å². The van der Waals surface area contributed by atoms with Crippen LogP contribution in [0.4, 0.5) is 15.8 Å². The van der Waals surface area contributed by atoms with Crippen molar-refractivity contribution in [2.45, 2.75) is 25.2 Å². The average molecular weight is 427 g/mol. The fourth-order valence-corrected chi connectivity index (χ4v) is 4.44. The van der Waals surface area contributed by atoms with E-state index in [1.54, 1.807) is 67.6 Å². The molecule has 3 rings (SSSR count). The summed E-state index contributed by atoms with van der Waals surface area (Å²) < 4.78 is 41.6. The monoisotopic (exact) mass is 426 g/mol. The lowest BCUT2D eigenvalue weighted by molar-refractivity contribution is -0.116. The van der Waals surface area contributed by atoms with E-state index >= 15 is 0 Å². The number of anilines is 2. The number of sulfonamides is 1. The molecule has 1 amide bonds. The van der Waals surface area contributed by atoms with Crippen LogP contribution in [0, 0.1) is 19.7 Å². The molecule has 30 heavy (non-hydrogen) atoms. The molecule has 0 radical (unpaired) electrons. The molecule has 7 heteroatoms. The Balaban J connectivity index is 1.82. The van der Waals surface area contributed by atoms with E-state index in [1.165, 1.54) is 16.4 Å². The van der Waals surface area contributed by atoms with Gasteiger partial charge in [0, 0.05) is 13.0 Å². The summed E-state index contributed by atoms with van der Waals surface area (Å²) in [5, 5.41) is 2.52. The van der Waals surface area contributed by atoms with E-state index in [4.69, 9.17) is 0 Å². The maximum atomic E-state index is 13.9. The van der Waals surface area contributed by atoms with Gasteiger partial charge in [-0.3, -0.25) is 9.10 Å². The van der Waals surface area contributed by atoms with Gasteiger partial charge in [0.25, 0.3) is 10.0 Å². The number of halogens is 1. The molecule has 0 aliphatic rings. The van der Waals surface area contributed by atoms with Gasteiger partial charge >= 0.3 is 0 Å². The molecule has 0 atom stereocenters. The van der Waals surface area contributed by atoms with Crippen molar-refractivity contribution in [2.75, 3.05) is 16.2 Å². The number of benzene rings is 3. The molecule has 0 aromatic heterocycles. The van der Waals surface area contributed by atoms with E-state index in [0.29, 0.717) is 5.69 Å². The highest BCUT2D eigenvalue weighted by atomic mass is 32.2. The van der Waals surface area contributed by atoms with Crippen molar-refractivity contribution in [2.24, 2.45) is 0 Å². The highest BCUT2D eigenvalue weighted by Crippen LogP contribution is 2.24. The number of para-hydroxylation sites is 1. The second-order valence-corrected chi connectivity index (χ2v) is 8.87. The number of amides is 1. The highest BCUT2D eigenvalue weighted by Gasteiger charge is 2.25. The second kappa shape index (κ2) is 9.09. The first-order chi connectivity index (χ1) is 14.3. The summed E-state index contributed by atoms with van der Waals surface area (Å²) in [5.41, 5.74) is 2.28. The number of nitrogens with one attached hydrogen (secondary N) is 1. The van der Waals surface area contributed by atoms with E-state index in [0.717, 1.165) is 11.1 Å². The van der Waals surface area contributed by atoms with Crippen molar-refractivity contribution in [3.8, 4) is 0 Å². The fraction of sp³-hybridized carbons (Fsp3) is 0.174. The number of rotatable bonds is 7. The number of hydrogen-bond acceptors (Lipinski definition) is 3. The van der Waals surface area contributed by atoms with Crippen LogP contribution in [-0.2, 0) is 14.8 Å². The molecule has 0 heterocycles. The maximum Gasteiger partial charge on any atom is 0.264 e. The first-order valence-corrected chi connectivity index (χ1v) is 10.9. The number of aryl methyl sites for hydroxylation is 2. The number of hydrogen-bond donors (Lipinski definition) is 1. The van der Waals surface area contributed by atoms with E-state index in [2.05, 4.69) is 5.32 Å². The molecule has 0 saturated carbocycles. The third kappa shape index (κ3) is 5.04. The zero-order valence-electron chi connectivity index (χ0n) is 16.8. The largest absolute Gasteiger partial charge is 0.324 e. The fourth-order valence-electron chi connectivity index (χ4n) is 2.97. The van der Waals surface area contributed by atoms with Gasteiger partial charge in [-0.1, -0.05) is 42.0 Å². The second-order valence-electron chi connectivity index (χ2n) is 7.01. The number of carbonyl (C=O) groups excluding carboxylic acids is 1. The minimum atomic E-state index is -3.88. The van der Waals surface area contributed by atoms with Gasteiger partial charge in [0.1, 0.15) is 5.82 Å². The van der Waals surface area contributed by atoms with Crippen LogP contribution >= 0.6 is 0 Å². The zero-order chi connectivity index (χ0) is 21.7. The Hall–Kier alpha value is -3.19. The minimum Gasteiger partial charge on any atom is -0.324 e. The van der Waals surface area contributed by atoms with Crippen LogP contribution in [0.2, 0.25) is 0 Å². The number of carbonyl (C=O) groups is 1. The molecule has 1 N–H and O–H groups in total. The van der Waals surface area contributed by atoms with Crippen molar-refractivity contribution < 1.29 is 17.6 Å². The van der Waals surface area contributed by atoms with Gasteiger partial charge in [0.15, 0.2) is 0 Å². The van der Waals surface area contributed by atoms with Gasteiger partial charge in [0.2, 0.25) is 5.91 Å². The van der Waals surface area contributed by atoms with Crippen LogP contribution in [-0.4, -0.2) is 20.9 Å². The first kappa shape index (κ1) is 21.5. The Labute approximate surface area is 176 Å². The van der Waals surface area contributed by atoms with Gasteiger partial charge in [-0.2, -0.15) is 0 Å². The lowest BCUT2D eigenvalue weighted by atomic mass is 10.2. The van der Waals surface area contributed by atoms with Crippen molar-refractivity contribution >= 4 is 27.3 Å². The number of nitrogens with zero attached hydrogens (tertiary/aromatic N) is 1. The Morgan fingerprint density at radius 1 is 0.933 bits per heavy atom. The van der Waals surface area contributed by atoms with E-state index in [-0.39, 0.29) is 23.5 Å². The predicted molar refractivity (Wildman–Crippen MR) is 117 cm³/mol. The van der Waals surface area contributed by atoms with E-state index < -0.39 is 21.7 Å². The quantitative estimate of drug-likeness (QED) is 0.597. The lowest BCUT2D eigenvalue weighted by Crippen LogP contribution is -2.34. The molecule has 0 aliphatic heterocycles. The summed E-state index contributed by atoms with van der Waals surface area (Å²) >= 11 is 0. The molecule has 156 valence electrons. The Kier molecular flexibility index (Phi) is 6.52. The summed E-state index contributed by atoms with van der Waals surface area (Å²) in [6, 6.07) is 19.5. The summed E-state index contributed by atoms with van der Waals surface area (Å²) in [5.74, 6) is -1.01. The molecule has 5 nitrogen and oxygen atoms in total. The van der Waals surface area contributed by atoms with Crippen molar-refractivity contribution in [1.82, 2.24) is 0 Å². The molecule has 0 fully saturated rings. The van der Waals surface area contributed by atoms with Gasteiger partial charge in [-0.25, -0.2) is 12.8 Å². The van der Waals surface area contributed by atoms with Crippen molar-refractivity contribution in [3.05, 3.63) is 89.7 Å². The molecule has 0 saturated heterocycles. The Morgan fingerprint density at radius 2 is 1.57 bits per heavy atom. The third-order valence-electron chi connectivity index (χ3n) is 4.59. The minimum absolute atomic E-state index is 0.0765. The van der Waals surface area contributed by atoms with Crippen LogP contribution in [0.25, 0.3) is 0 Å². The van der Waals surface area contributed by atoms with Crippen LogP contribution < -0.4 is 9.62 Å². The molecule has 0 aliphatic carbocycles.